The summed E-state index contributed by atoms with van der Waals surface area (Å²) in [6.07, 6.45) is 1.79. The van der Waals surface area contributed by atoms with Gasteiger partial charge < -0.3 is 15.2 Å². The maximum absolute atomic E-state index is 13.0. The van der Waals surface area contributed by atoms with Gasteiger partial charge in [0.2, 0.25) is 11.7 Å². The SMILES string of the molecule is Cc1ccc(N)cc1C(=O)N1CCCC(c2nc(-c3ccc(Cl)cc3)no2)C1.Cl. The first-order valence-electron chi connectivity index (χ1n) is 9.26. The molecule has 1 aliphatic heterocycles. The van der Waals surface area contributed by atoms with Gasteiger partial charge >= 0.3 is 0 Å². The molecule has 8 heteroatoms. The Morgan fingerprint density at radius 3 is 2.76 bits per heavy atom. The van der Waals surface area contributed by atoms with E-state index in [9.17, 15) is 4.79 Å². The molecule has 6 nitrogen and oxygen atoms in total. The number of amides is 1. The van der Waals surface area contributed by atoms with Crippen LogP contribution in [0, 0.1) is 6.92 Å². The van der Waals surface area contributed by atoms with Crippen LogP contribution in [-0.2, 0) is 0 Å². The number of nitrogen functional groups attached to an aromatic ring is 1. The number of piperidine rings is 1. The highest BCUT2D eigenvalue weighted by atomic mass is 35.5. The number of aromatic nitrogens is 2. The van der Waals surface area contributed by atoms with Gasteiger partial charge in [-0.1, -0.05) is 22.8 Å². The summed E-state index contributed by atoms with van der Waals surface area (Å²) < 4.78 is 5.51. The number of anilines is 1. The third-order valence-electron chi connectivity index (χ3n) is 5.09. The van der Waals surface area contributed by atoms with Gasteiger partial charge in [0.05, 0.1) is 5.92 Å². The van der Waals surface area contributed by atoms with Gasteiger partial charge in [0.15, 0.2) is 0 Å². The van der Waals surface area contributed by atoms with Crippen LogP contribution in [0.2, 0.25) is 5.02 Å². The average molecular weight is 433 g/mol. The number of halogens is 2. The lowest BCUT2D eigenvalue weighted by atomic mass is 9.96. The van der Waals surface area contributed by atoms with Gasteiger partial charge in [0.25, 0.3) is 5.91 Å². The van der Waals surface area contributed by atoms with E-state index in [0.29, 0.717) is 41.1 Å². The molecule has 1 amide bonds. The third kappa shape index (κ3) is 4.54. The van der Waals surface area contributed by atoms with Crippen molar-refractivity contribution in [3.8, 4) is 11.4 Å². The first kappa shape index (κ1) is 21.1. The molecule has 1 fully saturated rings. The summed E-state index contributed by atoms with van der Waals surface area (Å²) in [6.45, 7) is 3.18. The number of nitrogens with two attached hydrogens (primary N) is 1. The van der Waals surface area contributed by atoms with Crippen molar-refractivity contribution in [2.45, 2.75) is 25.7 Å². The van der Waals surface area contributed by atoms with Gasteiger partial charge in [-0.05, 0) is 61.7 Å². The second kappa shape index (κ2) is 8.84. The lowest BCUT2D eigenvalue weighted by Gasteiger charge is -2.31. The van der Waals surface area contributed by atoms with E-state index in [-0.39, 0.29) is 24.2 Å². The summed E-state index contributed by atoms with van der Waals surface area (Å²) in [4.78, 5) is 19.4. The highest BCUT2D eigenvalue weighted by Gasteiger charge is 2.29. The lowest BCUT2D eigenvalue weighted by Crippen LogP contribution is -2.39. The molecule has 1 unspecified atom stereocenters. The Bertz CT molecular complexity index is 1000. The van der Waals surface area contributed by atoms with Crippen LogP contribution < -0.4 is 5.73 Å². The fourth-order valence-electron chi connectivity index (χ4n) is 3.52. The molecule has 0 saturated carbocycles. The zero-order chi connectivity index (χ0) is 19.7. The van der Waals surface area contributed by atoms with Crippen LogP contribution in [0.3, 0.4) is 0 Å². The summed E-state index contributed by atoms with van der Waals surface area (Å²) in [5.41, 5.74) is 8.87. The van der Waals surface area contributed by atoms with Gasteiger partial charge in [-0.25, -0.2) is 0 Å². The summed E-state index contributed by atoms with van der Waals surface area (Å²) in [5, 5.41) is 4.75. The lowest BCUT2D eigenvalue weighted by molar-refractivity contribution is 0.0695. The van der Waals surface area contributed by atoms with Gasteiger partial charge in [0, 0.05) is 34.9 Å². The molecule has 4 rings (SSSR count). The summed E-state index contributed by atoms with van der Waals surface area (Å²) in [7, 11) is 0. The van der Waals surface area contributed by atoms with Gasteiger partial charge in [-0.2, -0.15) is 4.98 Å². The van der Waals surface area contributed by atoms with Crippen LogP contribution >= 0.6 is 24.0 Å². The van der Waals surface area contributed by atoms with Crippen molar-refractivity contribution in [2.75, 3.05) is 18.8 Å². The maximum atomic E-state index is 13.0. The molecule has 3 aromatic rings. The van der Waals surface area contributed by atoms with Crippen molar-refractivity contribution < 1.29 is 9.32 Å². The van der Waals surface area contributed by atoms with Crippen molar-refractivity contribution >= 4 is 35.6 Å². The number of carbonyl (C=O) groups excluding carboxylic acids is 1. The van der Waals surface area contributed by atoms with Crippen LogP contribution in [0.25, 0.3) is 11.4 Å². The second-order valence-corrected chi connectivity index (χ2v) is 7.56. The van der Waals surface area contributed by atoms with E-state index in [4.69, 9.17) is 21.9 Å². The van der Waals surface area contributed by atoms with Crippen molar-refractivity contribution in [1.82, 2.24) is 15.0 Å². The number of likely N-dealkylation sites (tertiary alicyclic amines) is 1. The summed E-state index contributed by atoms with van der Waals surface area (Å²) in [5.74, 6) is 1.10. The van der Waals surface area contributed by atoms with E-state index in [2.05, 4.69) is 10.1 Å². The minimum Gasteiger partial charge on any atom is -0.399 e. The third-order valence-corrected chi connectivity index (χ3v) is 5.35. The van der Waals surface area contributed by atoms with Gasteiger partial charge in [-0.15, -0.1) is 12.4 Å². The predicted octanol–water partition coefficient (Wildman–Crippen LogP) is 4.72. The van der Waals surface area contributed by atoms with E-state index >= 15 is 0 Å². The number of carbonyl (C=O) groups is 1. The Labute approximate surface area is 180 Å². The van der Waals surface area contributed by atoms with Crippen LogP contribution in [0.1, 0.15) is 40.6 Å². The minimum atomic E-state index is -0.00746. The molecular weight excluding hydrogens is 411 g/mol. The molecule has 0 spiro atoms. The smallest absolute Gasteiger partial charge is 0.254 e. The number of benzene rings is 2. The molecule has 1 aliphatic rings. The van der Waals surface area contributed by atoms with Crippen LogP contribution in [0.4, 0.5) is 5.69 Å². The number of hydrogen-bond acceptors (Lipinski definition) is 5. The Hall–Kier alpha value is -2.57. The Balaban J connectivity index is 0.00000240. The molecule has 2 aromatic carbocycles. The van der Waals surface area contributed by atoms with Crippen LogP contribution in [0.15, 0.2) is 47.0 Å². The molecule has 152 valence electrons. The van der Waals surface area contributed by atoms with E-state index in [1.54, 1.807) is 18.2 Å². The highest BCUT2D eigenvalue weighted by Crippen LogP contribution is 2.29. The highest BCUT2D eigenvalue weighted by molar-refractivity contribution is 6.30. The normalized spacial score (nSPS) is 16.3. The first-order chi connectivity index (χ1) is 13.5. The quantitative estimate of drug-likeness (QED) is 0.604. The van der Waals surface area contributed by atoms with Crippen molar-refractivity contribution in [2.24, 2.45) is 0 Å². The van der Waals surface area contributed by atoms with Crippen LogP contribution in [-0.4, -0.2) is 34.0 Å². The van der Waals surface area contributed by atoms with Crippen molar-refractivity contribution in [1.29, 1.82) is 0 Å². The molecule has 2 heterocycles. The molecule has 1 atom stereocenters. The summed E-state index contributed by atoms with van der Waals surface area (Å²) in [6, 6.07) is 12.7. The Kier molecular flexibility index (Phi) is 6.45. The van der Waals surface area contributed by atoms with Crippen molar-refractivity contribution in [3.05, 3.63) is 64.5 Å². The summed E-state index contributed by atoms with van der Waals surface area (Å²) >= 11 is 5.93. The number of rotatable bonds is 3. The fourth-order valence-corrected chi connectivity index (χ4v) is 3.65. The minimum absolute atomic E-state index is 0. The number of aryl methyl sites for hydroxylation is 1. The average Bonchev–Trinajstić information content (AvgIpc) is 3.20. The molecule has 2 N–H and O–H groups in total. The van der Waals surface area contributed by atoms with Gasteiger partial charge in [-0.3, -0.25) is 4.79 Å². The van der Waals surface area contributed by atoms with E-state index in [1.807, 2.05) is 36.1 Å². The zero-order valence-electron chi connectivity index (χ0n) is 16.0. The molecule has 0 aliphatic carbocycles. The van der Waals surface area contributed by atoms with Crippen molar-refractivity contribution in [3.63, 3.8) is 0 Å². The molecule has 0 radical (unpaired) electrons. The topological polar surface area (TPSA) is 85.3 Å². The Morgan fingerprint density at radius 2 is 2.00 bits per heavy atom. The largest absolute Gasteiger partial charge is 0.399 e. The molecule has 29 heavy (non-hydrogen) atoms. The second-order valence-electron chi connectivity index (χ2n) is 7.13. The molecular formula is C21H22Cl2N4O2. The Morgan fingerprint density at radius 1 is 1.24 bits per heavy atom. The maximum Gasteiger partial charge on any atom is 0.254 e. The number of hydrogen-bond donors (Lipinski definition) is 1. The van der Waals surface area contributed by atoms with E-state index < -0.39 is 0 Å². The standard InChI is InChI=1S/C21H21ClN4O2.ClH/c1-13-4-9-17(23)11-18(13)21(27)26-10-2-3-15(12-26)20-24-19(25-28-20)14-5-7-16(22)8-6-14;/h4-9,11,15H,2-3,10,12,23H2,1H3;1H. The monoisotopic (exact) mass is 432 g/mol. The predicted molar refractivity (Wildman–Crippen MR) is 115 cm³/mol. The fraction of sp³-hybridized carbons (Fsp3) is 0.286. The zero-order valence-corrected chi connectivity index (χ0v) is 17.5. The molecule has 1 aromatic heterocycles. The van der Waals surface area contributed by atoms with Crippen LogP contribution in [0.5, 0.6) is 0 Å². The first-order valence-corrected chi connectivity index (χ1v) is 9.64. The van der Waals surface area contributed by atoms with E-state index in [0.717, 1.165) is 24.0 Å². The molecule has 1 saturated heterocycles. The van der Waals surface area contributed by atoms with E-state index in [1.165, 1.54) is 0 Å². The molecule has 0 bridgehead atoms. The van der Waals surface area contributed by atoms with Gasteiger partial charge in [0.1, 0.15) is 0 Å². The number of nitrogens with zero attached hydrogens (tertiary/aromatic N) is 3.